The predicted octanol–water partition coefficient (Wildman–Crippen LogP) is 4.00. The van der Waals surface area contributed by atoms with Crippen molar-refractivity contribution in [3.05, 3.63) is 55.9 Å². The van der Waals surface area contributed by atoms with E-state index < -0.39 is 0 Å². The molecule has 0 saturated carbocycles. The van der Waals surface area contributed by atoms with Gasteiger partial charge in [0.1, 0.15) is 10.7 Å². The van der Waals surface area contributed by atoms with E-state index in [0.717, 1.165) is 48.4 Å². The van der Waals surface area contributed by atoms with Gasteiger partial charge in [-0.1, -0.05) is 6.07 Å². The molecule has 0 unspecified atom stereocenters. The van der Waals surface area contributed by atoms with Crippen LogP contribution in [0.15, 0.2) is 23.0 Å². The largest absolute Gasteiger partial charge is 0.311 e. The van der Waals surface area contributed by atoms with E-state index in [-0.39, 0.29) is 11.5 Å². The number of anilines is 1. The molecule has 1 amide bonds. The molecule has 1 aromatic carbocycles. The van der Waals surface area contributed by atoms with Gasteiger partial charge in [-0.3, -0.25) is 14.2 Å². The number of benzene rings is 1. The Morgan fingerprint density at radius 1 is 1.19 bits per heavy atom. The highest BCUT2D eigenvalue weighted by Gasteiger charge is 2.24. The van der Waals surface area contributed by atoms with Crippen molar-refractivity contribution >= 4 is 33.1 Å². The van der Waals surface area contributed by atoms with Crippen LogP contribution in [0.2, 0.25) is 0 Å². The van der Waals surface area contributed by atoms with Gasteiger partial charge in [-0.05, 0) is 62.4 Å². The van der Waals surface area contributed by atoms with Gasteiger partial charge in [-0.2, -0.15) is 0 Å². The van der Waals surface area contributed by atoms with Crippen LogP contribution in [0.5, 0.6) is 0 Å². The number of thiophene rings is 1. The van der Waals surface area contributed by atoms with E-state index in [4.69, 9.17) is 4.98 Å². The summed E-state index contributed by atoms with van der Waals surface area (Å²) < 4.78 is 1.78. The van der Waals surface area contributed by atoms with Crippen molar-refractivity contribution in [1.29, 1.82) is 0 Å². The third-order valence-electron chi connectivity index (χ3n) is 5.54. The molecule has 0 spiro atoms. The van der Waals surface area contributed by atoms with Crippen molar-refractivity contribution < 1.29 is 4.79 Å². The zero-order chi connectivity index (χ0) is 19.3. The SMILES string of the molecule is Cc1ccc(N(C)C(=O)c2sc3nc4n(c(=O)c3c2C)CCCC4)cc1C. The van der Waals surface area contributed by atoms with Crippen molar-refractivity contribution in [3.8, 4) is 0 Å². The average molecular weight is 382 g/mol. The second-order valence-corrected chi connectivity index (χ2v) is 8.31. The van der Waals surface area contributed by atoms with Crippen molar-refractivity contribution in [2.75, 3.05) is 11.9 Å². The lowest BCUT2D eigenvalue weighted by atomic mass is 10.1. The number of hydrogen-bond acceptors (Lipinski definition) is 4. The first-order valence-electron chi connectivity index (χ1n) is 9.26. The molecule has 2 aromatic heterocycles. The van der Waals surface area contributed by atoms with Crippen LogP contribution in [0, 0.1) is 20.8 Å². The number of nitrogens with zero attached hydrogens (tertiary/aromatic N) is 3. The van der Waals surface area contributed by atoms with Gasteiger partial charge in [0.15, 0.2) is 0 Å². The minimum absolute atomic E-state index is 0.00339. The lowest BCUT2D eigenvalue weighted by Gasteiger charge is -2.18. The van der Waals surface area contributed by atoms with Crippen LogP contribution in [0.4, 0.5) is 5.69 Å². The Morgan fingerprint density at radius 3 is 2.70 bits per heavy atom. The van der Waals surface area contributed by atoms with Gasteiger partial charge >= 0.3 is 0 Å². The molecule has 27 heavy (non-hydrogen) atoms. The van der Waals surface area contributed by atoms with Crippen molar-refractivity contribution in [2.24, 2.45) is 0 Å². The predicted molar refractivity (Wildman–Crippen MR) is 110 cm³/mol. The highest BCUT2D eigenvalue weighted by Crippen LogP contribution is 2.30. The number of fused-ring (bicyclic) bond motifs is 2. The van der Waals surface area contributed by atoms with E-state index in [0.29, 0.717) is 15.1 Å². The van der Waals surface area contributed by atoms with Gasteiger partial charge < -0.3 is 4.90 Å². The smallest absolute Gasteiger partial charge is 0.268 e. The van der Waals surface area contributed by atoms with Crippen LogP contribution in [0.25, 0.3) is 10.2 Å². The first kappa shape index (κ1) is 17.9. The van der Waals surface area contributed by atoms with E-state index in [2.05, 4.69) is 6.92 Å². The zero-order valence-corrected chi connectivity index (χ0v) is 16.9. The van der Waals surface area contributed by atoms with Crippen LogP contribution in [0.1, 0.15) is 45.0 Å². The average Bonchev–Trinajstić information content (AvgIpc) is 2.99. The standard InChI is InChI=1S/C21H23N3O2S/c1-12-8-9-15(11-13(12)2)23(4)21(26)18-14(3)17-19(27-18)22-16-7-5-6-10-24(16)20(17)25/h8-9,11H,5-7,10H2,1-4H3. The molecular formula is C21H23N3O2S. The second kappa shape index (κ2) is 6.60. The van der Waals surface area contributed by atoms with Gasteiger partial charge in [0.2, 0.25) is 0 Å². The number of amides is 1. The number of aromatic nitrogens is 2. The monoisotopic (exact) mass is 381 g/mol. The fourth-order valence-electron chi connectivity index (χ4n) is 3.64. The Morgan fingerprint density at radius 2 is 1.96 bits per heavy atom. The summed E-state index contributed by atoms with van der Waals surface area (Å²) in [6.45, 7) is 6.67. The van der Waals surface area contributed by atoms with Gasteiger partial charge in [-0.25, -0.2) is 4.98 Å². The molecule has 5 nitrogen and oxygen atoms in total. The highest BCUT2D eigenvalue weighted by molar-refractivity contribution is 7.20. The molecule has 1 aliphatic heterocycles. The van der Waals surface area contributed by atoms with Gasteiger partial charge in [-0.15, -0.1) is 11.3 Å². The first-order valence-corrected chi connectivity index (χ1v) is 10.1. The van der Waals surface area contributed by atoms with Crippen LogP contribution >= 0.6 is 11.3 Å². The first-order chi connectivity index (χ1) is 12.9. The molecule has 0 bridgehead atoms. The normalized spacial score (nSPS) is 13.6. The number of rotatable bonds is 2. The van der Waals surface area contributed by atoms with Gasteiger partial charge in [0.25, 0.3) is 11.5 Å². The molecule has 1 aliphatic rings. The minimum Gasteiger partial charge on any atom is -0.311 e. The summed E-state index contributed by atoms with van der Waals surface area (Å²) in [7, 11) is 1.78. The topological polar surface area (TPSA) is 55.2 Å². The lowest BCUT2D eigenvalue weighted by molar-refractivity contribution is 0.0996. The summed E-state index contributed by atoms with van der Waals surface area (Å²) >= 11 is 1.33. The molecular weight excluding hydrogens is 358 g/mol. The second-order valence-electron chi connectivity index (χ2n) is 7.31. The Labute approximate surface area is 162 Å². The van der Waals surface area contributed by atoms with E-state index in [1.165, 1.54) is 16.9 Å². The number of hydrogen-bond donors (Lipinski definition) is 0. The van der Waals surface area contributed by atoms with Crippen molar-refractivity contribution in [3.63, 3.8) is 0 Å². The van der Waals surface area contributed by atoms with Crippen LogP contribution in [-0.2, 0) is 13.0 Å². The van der Waals surface area contributed by atoms with Crippen LogP contribution in [-0.4, -0.2) is 22.5 Å². The van der Waals surface area contributed by atoms with E-state index >= 15 is 0 Å². The van der Waals surface area contributed by atoms with Crippen LogP contribution < -0.4 is 10.5 Å². The molecule has 0 saturated heterocycles. The summed E-state index contributed by atoms with van der Waals surface area (Å²) in [6, 6.07) is 5.99. The summed E-state index contributed by atoms with van der Waals surface area (Å²) in [4.78, 5) is 33.8. The van der Waals surface area contributed by atoms with Crippen molar-refractivity contribution in [1.82, 2.24) is 9.55 Å². The third kappa shape index (κ3) is 2.88. The maximum absolute atomic E-state index is 13.2. The number of carbonyl (C=O) groups is 1. The molecule has 0 fully saturated rings. The summed E-state index contributed by atoms with van der Waals surface area (Å²) in [5.41, 5.74) is 3.93. The molecule has 3 aromatic rings. The quantitative estimate of drug-likeness (QED) is 0.674. The number of aryl methyl sites for hydroxylation is 4. The summed E-state index contributed by atoms with van der Waals surface area (Å²) in [5.74, 6) is 0.752. The molecule has 3 heterocycles. The minimum atomic E-state index is -0.0962. The Hall–Kier alpha value is -2.47. The van der Waals surface area contributed by atoms with Crippen molar-refractivity contribution in [2.45, 2.75) is 46.6 Å². The fraction of sp³-hybridized carbons (Fsp3) is 0.381. The fourth-order valence-corrected chi connectivity index (χ4v) is 4.81. The Kier molecular flexibility index (Phi) is 4.38. The molecule has 140 valence electrons. The molecule has 0 atom stereocenters. The van der Waals surface area contributed by atoms with E-state index in [1.54, 1.807) is 16.5 Å². The summed E-state index contributed by atoms with van der Waals surface area (Å²) in [6.07, 6.45) is 2.89. The van der Waals surface area contributed by atoms with E-state index in [1.807, 2.05) is 32.0 Å². The highest BCUT2D eigenvalue weighted by atomic mass is 32.1. The van der Waals surface area contributed by atoms with Gasteiger partial charge in [0, 0.05) is 25.7 Å². The Balaban J connectivity index is 1.80. The lowest BCUT2D eigenvalue weighted by Crippen LogP contribution is -2.28. The maximum Gasteiger partial charge on any atom is 0.268 e. The zero-order valence-electron chi connectivity index (χ0n) is 16.1. The van der Waals surface area contributed by atoms with Crippen LogP contribution in [0.3, 0.4) is 0 Å². The Bertz CT molecular complexity index is 1130. The molecule has 0 N–H and O–H groups in total. The van der Waals surface area contributed by atoms with E-state index in [9.17, 15) is 9.59 Å². The van der Waals surface area contributed by atoms with Gasteiger partial charge in [0.05, 0.1) is 10.3 Å². The molecule has 6 heteroatoms. The summed E-state index contributed by atoms with van der Waals surface area (Å²) in [5, 5.41) is 0.600. The molecule has 0 radical (unpaired) electrons. The number of carbonyl (C=O) groups excluding carboxylic acids is 1. The maximum atomic E-state index is 13.2. The third-order valence-corrected chi connectivity index (χ3v) is 6.71. The molecule has 0 aliphatic carbocycles. The molecule has 4 rings (SSSR count).